The standard InChI is InChI=1S/C7H6FN3O/c1-10-4-12-5-2-6(8)7(9)11-3-5/h2-3H,4H2,(H2,9,11). The molecule has 12 heavy (non-hydrogen) atoms. The Morgan fingerprint density at radius 2 is 2.50 bits per heavy atom. The van der Waals surface area contributed by atoms with Gasteiger partial charge in [0.2, 0.25) is 0 Å². The molecule has 0 amide bonds. The van der Waals surface area contributed by atoms with Gasteiger partial charge in [-0.3, -0.25) is 4.85 Å². The van der Waals surface area contributed by atoms with Crippen LogP contribution in [0.5, 0.6) is 5.75 Å². The molecular formula is C7H6FN3O. The Kier molecular flexibility index (Phi) is 2.43. The van der Waals surface area contributed by atoms with E-state index in [2.05, 4.69) is 9.83 Å². The molecule has 5 heteroatoms. The lowest BCUT2D eigenvalue weighted by atomic mass is 10.4. The lowest BCUT2D eigenvalue weighted by molar-refractivity contribution is 0.357. The van der Waals surface area contributed by atoms with E-state index in [1.807, 2.05) is 0 Å². The molecule has 0 bridgehead atoms. The van der Waals surface area contributed by atoms with Gasteiger partial charge in [0.05, 0.1) is 6.20 Å². The Hall–Kier alpha value is -1.83. The molecule has 0 aliphatic carbocycles. The second-order valence-corrected chi connectivity index (χ2v) is 1.97. The number of anilines is 1. The predicted molar refractivity (Wildman–Crippen MR) is 40.7 cm³/mol. The molecule has 0 aliphatic heterocycles. The van der Waals surface area contributed by atoms with Crippen LogP contribution in [0.1, 0.15) is 0 Å². The van der Waals surface area contributed by atoms with Crippen LogP contribution in [0, 0.1) is 12.4 Å². The monoisotopic (exact) mass is 167 g/mol. The SMILES string of the molecule is [C-]#[N+]COc1cnc(N)c(F)c1. The van der Waals surface area contributed by atoms with E-state index in [9.17, 15) is 4.39 Å². The number of halogens is 1. The van der Waals surface area contributed by atoms with Crippen LogP contribution in [0.2, 0.25) is 0 Å². The summed E-state index contributed by atoms with van der Waals surface area (Å²) in [4.78, 5) is 6.44. The van der Waals surface area contributed by atoms with Gasteiger partial charge < -0.3 is 10.5 Å². The number of hydrogen-bond acceptors (Lipinski definition) is 3. The molecule has 1 heterocycles. The predicted octanol–water partition coefficient (Wildman–Crippen LogP) is 1.06. The molecule has 62 valence electrons. The maximum atomic E-state index is 12.7. The first kappa shape index (κ1) is 8.27. The van der Waals surface area contributed by atoms with Gasteiger partial charge in [0, 0.05) is 6.07 Å². The van der Waals surface area contributed by atoms with Gasteiger partial charge in [-0.2, -0.15) is 0 Å². The fourth-order valence-corrected chi connectivity index (χ4v) is 0.617. The zero-order valence-electron chi connectivity index (χ0n) is 6.12. The highest BCUT2D eigenvalue weighted by Gasteiger charge is 2.01. The van der Waals surface area contributed by atoms with E-state index in [1.165, 1.54) is 6.20 Å². The molecule has 0 radical (unpaired) electrons. The highest BCUT2D eigenvalue weighted by molar-refractivity contribution is 5.34. The average Bonchev–Trinajstić information content (AvgIpc) is 2.07. The topological polar surface area (TPSA) is 52.5 Å². The molecule has 0 saturated carbocycles. The fraction of sp³-hybridized carbons (Fsp3) is 0.143. The highest BCUT2D eigenvalue weighted by atomic mass is 19.1. The summed E-state index contributed by atoms with van der Waals surface area (Å²) in [6.07, 6.45) is 1.27. The Balaban J connectivity index is 2.77. The minimum atomic E-state index is -0.641. The van der Waals surface area contributed by atoms with Gasteiger partial charge in [-0.25, -0.2) is 15.9 Å². The minimum Gasteiger partial charge on any atom is -0.424 e. The highest BCUT2D eigenvalue weighted by Crippen LogP contribution is 2.14. The fourth-order valence-electron chi connectivity index (χ4n) is 0.617. The van der Waals surface area contributed by atoms with E-state index in [-0.39, 0.29) is 18.3 Å². The number of pyridine rings is 1. The van der Waals surface area contributed by atoms with Crippen molar-refractivity contribution in [3.05, 3.63) is 29.5 Å². The molecule has 0 aromatic carbocycles. The van der Waals surface area contributed by atoms with Crippen LogP contribution in [0.4, 0.5) is 10.2 Å². The molecular weight excluding hydrogens is 161 g/mol. The van der Waals surface area contributed by atoms with Crippen LogP contribution in [-0.2, 0) is 0 Å². The summed E-state index contributed by atoms with van der Waals surface area (Å²) in [5, 5.41) is 0. The van der Waals surface area contributed by atoms with Crippen LogP contribution in [0.3, 0.4) is 0 Å². The number of aromatic nitrogens is 1. The third-order valence-corrected chi connectivity index (χ3v) is 1.14. The third kappa shape index (κ3) is 1.83. The van der Waals surface area contributed by atoms with E-state index >= 15 is 0 Å². The first-order chi connectivity index (χ1) is 5.74. The number of hydrogen-bond donors (Lipinski definition) is 1. The molecule has 0 spiro atoms. The quantitative estimate of drug-likeness (QED) is 0.670. The maximum Gasteiger partial charge on any atom is 0.357 e. The molecule has 0 fully saturated rings. The zero-order chi connectivity index (χ0) is 8.97. The average molecular weight is 167 g/mol. The lowest BCUT2D eigenvalue weighted by Crippen LogP contribution is -1.97. The van der Waals surface area contributed by atoms with Crippen LogP contribution in [0.15, 0.2) is 12.3 Å². The van der Waals surface area contributed by atoms with Gasteiger partial charge >= 0.3 is 6.73 Å². The largest absolute Gasteiger partial charge is 0.424 e. The molecule has 0 atom stereocenters. The molecule has 2 N–H and O–H groups in total. The minimum absolute atomic E-state index is 0.148. The summed E-state index contributed by atoms with van der Waals surface area (Å²) in [6.45, 7) is 6.26. The molecule has 0 saturated heterocycles. The summed E-state index contributed by atoms with van der Waals surface area (Å²) in [6, 6.07) is 1.09. The Labute approximate surface area is 68.6 Å². The molecule has 1 aromatic heterocycles. The van der Waals surface area contributed by atoms with Crippen molar-refractivity contribution < 1.29 is 9.13 Å². The second kappa shape index (κ2) is 3.53. The van der Waals surface area contributed by atoms with Crippen molar-refractivity contribution in [1.82, 2.24) is 4.98 Å². The summed E-state index contributed by atoms with van der Waals surface area (Å²) in [7, 11) is 0. The van der Waals surface area contributed by atoms with Crippen LogP contribution < -0.4 is 10.5 Å². The normalized spacial score (nSPS) is 9.00. The maximum absolute atomic E-state index is 12.7. The van der Waals surface area contributed by atoms with Crippen molar-refractivity contribution in [2.24, 2.45) is 0 Å². The van der Waals surface area contributed by atoms with Crippen molar-refractivity contribution in [3.8, 4) is 5.75 Å². The van der Waals surface area contributed by atoms with Gasteiger partial charge in [-0.15, -0.1) is 0 Å². The number of nitrogens with zero attached hydrogens (tertiary/aromatic N) is 2. The van der Waals surface area contributed by atoms with Gasteiger partial charge in [-0.05, 0) is 0 Å². The Morgan fingerprint density at radius 3 is 3.08 bits per heavy atom. The second-order valence-electron chi connectivity index (χ2n) is 1.97. The molecule has 4 nitrogen and oxygen atoms in total. The Bertz CT molecular complexity index is 321. The van der Waals surface area contributed by atoms with Crippen LogP contribution >= 0.6 is 0 Å². The molecule has 0 aliphatic rings. The smallest absolute Gasteiger partial charge is 0.357 e. The van der Waals surface area contributed by atoms with E-state index in [4.69, 9.17) is 17.0 Å². The van der Waals surface area contributed by atoms with E-state index in [0.29, 0.717) is 0 Å². The molecule has 1 rings (SSSR count). The molecule has 1 aromatic rings. The first-order valence-electron chi connectivity index (χ1n) is 3.11. The summed E-state index contributed by atoms with van der Waals surface area (Å²) >= 11 is 0. The summed E-state index contributed by atoms with van der Waals surface area (Å²) in [5.41, 5.74) is 5.12. The van der Waals surface area contributed by atoms with E-state index in [1.54, 1.807) is 0 Å². The van der Waals surface area contributed by atoms with E-state index in [0.717, 1.165) is 6.07 Å². The van der Waals surface area contributed by atoms with Gasteiger partial charge in [0.15, 0.2) is 11.6 Å². The van der Waals surface area contributed by atoms with Crippen LogP contribution in [-0.4, -0.2) is 11.7 Å². The number of nitrogen functional groups attached to an aromatic ring is 1. The van der Waals surface area contributed by atoms with E-state index < -0.39 is 5.82 Å². The number of rotatable bonds is 2. The van der Waals surface area contributed by atoms with Gasteiger partial charge in [-0.1, -0.05) is 0 Å². The van der Waals surface area contributed by atoms with Gasteiger partial charge in [0.1, 0.15) is 5.75 Å². The van der Waals surface area contributed by atoms with Crippen molar-refractivity contribution in [2.45, 2.75) is 0 Å². The number of ether oxygens (including phenoxy) is 1. The van der Waals surface area contributed by atoms with Crippen LogP contribution in [0.25, 0.3) is 4.85 Å². The third-order valence-electron chi connectivity index (χ3n) is 1.14. The molecule has 0 unspecified atom stereocenters. The lowest BCUT2D eigenvalue weighted by Gasteiger charge is -1.99. The van der Waals surface area contributed by atoms with Crippen molar-refractivity contribution >= 4 is 5.82 Å². The summed E-state index contributed by atoms with van der Waals surface area (Å²) in [5.74, 6) is -0.611. The van der Waals surface area contributed by atoms with Crippen molar-refractivity contribution in [2.75, 3.05) is 12.5 Å². The number of nitrogens with two attached hydrogens (primary N) is 1. The van der Waals surface area contributed by atoms with Gasteiger partial charge in [0.25, 0.3) is 0 Å². The van der Waals surface area contributed by atoms with Crippen molar-refractivity contribution in [3.63, 3.8) is 0 Å². The zero-order valence-corrected chi connectivity index (χ0v) is 6.12. The summed E-state index contributed by atoms with van der Waals surface area (Å²) < 4.78 is 17.4. The van der Waals surface area contributed by atoms with Crippen molar-refractivity contribution in [1.29, 1.82) is 0 Å². The first-order valence-corrected chi connectivity index (χ1v) is 3.11. The Morgan fingerprint density at radius 1 is 1.75 bits per heavy atom.